The number of ether oxygens (including phenoxy) is 1. The minimum atomic E-state index is -4.56. The Morgan fingerprint density at radius 1 is 1.12 bits per heavy atom. The van der Waals surface area contributed by atoms with E-state index in [1.54, 1.807) is 12.1 Å². The van der Waals surface area contributed by atoms with E-state index in [-0.39, 0.29) is 29.1 Å². The molecule has 0 saturated carbocycles. The summed E-state index contributed by atoms with van der Waals surface area (Å²) >= 11 is 0. The molecule has 0 spiro atoms. The fraction of sp³-hybridized carbons (Fsp3) is 0.500. The van der Waals surface area contributed by atoms with Crippen LogP contribution in [0.1, 0.15) is 52.2 Å². The molecular formula is C32H38F3N5O2. The number of anilines is 1. The summed E-state index contributed by atoms with van der Waals surface area (Å²) in [5, 5.41) is 4.53. The highest BCUT2D eigenvalue weighted by Gasteiger charge is 2.43. The van der Waals surface area contributed by atoms with E-state index in [1.165, 1.54) is 11.0 Å². The molecule has 0 N–H and O–H groups in total. The van der Waals surface area contributed by atoms with E-state index < -0.39 is 17.6 Å². The Labute approximate surface area is 244 Å². The molecule has 2 aromatic carbocycles. The minimum Gasteiger partial charge on any atom is -0.379 e. The largest absolute Gasteiger partial charge is 0.416 e. The number of alkyl halides is 3. The molecule has 1 aromatic heterocycles. The van der Waals surface area contributed by atoms with Gasteiger partial charge in [-0.1, -0.05) is 26.0 Å². The van der Waals surface area contributed by atoms with Gasteiger partial charge in [-0.15, -0.1) is 0 Å². The van der Waals surface area contributed by atoms with E-state index in [9.17, 15) is 18.0 Å². The number of rotatable bonds is 7. The third-order valence-electron chi connectivity index (χ3n) is 9.06. The SMILES string of the molecule is Cc1ccn(CC2(c3cccc(N4Cc5c(cc(CN6CCN(C)C[C@@H]6C(C)C)cc5C(F)(F)F)C4=O)c3)COC2)n1. The number of nitrogens with zero attached hydrogens (tertiary/aromatic N) is 5. The van der Waals surface area contributed by atoms with E-state index in [0.29, 0.717) is 43.5 Å². The van der Waals surface area contributed by atoms with Gasteiger partial charge in [0.25, 0.3) is 5.91 Å². The topological polar surface area (TPSA) is 53.8 Å². The van der Waals surface area contributed by atoms with E-state index in [0.717, 1.165) is 30.9 Å². The smallest absolute Gasteiger partial charge is 0.379 e. The van der Waals surface area contributed by atoms with Gasteiger partial charge in [-0.05, 0) is 66.9 Å². The number of carbonyl (C=O) groups is 1. The summed E-state index contributed by atoms with van der Waals surface area (Å²) < 4.78 is 50.8. The van der Waals surface area contributed by atoms with Crippen LogP contribution in [0.2, 0.25) is 0 Å². The number of piperazine rings is 1. The molecule has 3 aliphatic rings. The first kappa shape index (κ1) is 28.9. The lowest BCUT2D eigenvalue weighted by molar-refractivity contribution is -0.138. The Kier molecular flexibility index (Phi) is 7.43. The first-order chi connectivity index (χ1) is 19.9. The summed E-state index contributed by atoms with van der Waals surface area (Å²) in [4.78, 5) is 19.8. The maximum Gasteiger partial charge on any atom is 0.416 e. The quantitative estimate of drug-likeness (QED) is 0.388. The van der Waals surface area contributed by atoms with Crippen molar-refractivity contribution < 1.29 is 22.7 Å². The molecule has 42 heavy (non-hydrogen) atoms. The lowest BCUT2D eigenvalue weighted by Gasteiger charge is -2.42. The van der Waals surface area contributed by atoms with Gasteiger partial charge >= 0.3 is 6.18 Å². The van der Waals surface area contributed by atoms with Crippen LogP contribution in [0.25, 0.3) is 0 Å². The summed E-state index contributed by atoms with van der Waals surface area (Å²) in [6, 6.07) is 12.7. The molecule has 0 radical (unpaired) electrons. The number of aromatic nitrogens is 2. The number of amides is 1. The Morgan fingerprint density at radius 3 is 2.55 bits per heavy atom. The van der Waals surface area contributed by atoms with E-state index in [4.69, 9.17) is 4.74 Å². The summed E-state index contributed by atoms with van der Waals surface area (Å²) in [7, 11) is 2.07. The van der Waals surface area contributed by atoms with E-state index in [1.807, 2.05) is 42.1 Å². The number of carbonyl (C=O) groups excluding carboxylic acids is 1. The average molecular weight is 582 g/mol. The van der Waals surface area contributed by atoms with Gasteiger partial charge in [-0.3, -0.25) is 14.4 Å². The Hall–Kier alpha value is -3.21. The third-order valence-corrected chi connectivity index (χ3v) is 9.06. The molecule has 7 nitrogen and oxygen atoms in total. The molecule has 0 unspecified atom stereocenters. The minimum absolute atomic E-state index is 0.0501. The first-order valence-corrected chi connectivity index (χ1v) is 14.6. The predicted molar refractivity (Wildman–Crippen MR) is 154 cm³/mol. The molecule has 224 valence electrons. The molecule has 0 bridgehead atoms. The molecule has 4 heterocycles. The monoisotopic (exact) mass is 581 g/mol. The first-order valence-electron chi connectivity index (χ1n) is 14.6. The van der Waals surface area contributed by atoms with Crippen LogP contribution in [-0.4, -0.2) is 71.4 Å². The van der Waals surface area contributed by atoms with Gasteiger partial charge in [-0.2, -0.15) is 18.3 Å². The highest BCUT2D eigenvalue weighted by molar-refractivity contribution is 6.10. The zero-order valence-corrected chi connectivity index (χ0v) is 24.6. The van der Waals surface area contributed by atoms with Gasteiger partial charge in [-0.25, -0.2) is 0 Å². The number of halogens is 3. The second-order valence-electron chi connectivity index (χ2n) is 12.6. The highest BCUT2D eigenvalue weighted by atomic mass is 19.4. The lowest BCUT2D eigenvalue weighted by atomic mass is 9.78. The van der Waals surface area contributed by atoms with Gasteiger partial charge in [0.1, 0.15) is 0 Å². The average Bonchev–Trinajstić information content (AvgIpc) is 3.48. The van der Waals surface area contributed by atoms with Crippen molar-refractivity contribution in [2.75, 3.05) is 44.8 Å². The van der Waals surface area contributed by atoms with Gasteiger partial charge < -0.3 is 14.5 Å². The molecule has 10 heteroatoms. The summed E-state index contributed by atoms with van der Waals surface area (Å²) in [6.07, 6.45) is -2.63. The Bertz CT molecular complexity index is 1480. The number of aryl methyl sites for hydroxylation is 1. The third kappa shape index (κ3) is 5.36. The van der Waals surface area contributed by atoms with Crippen LogP contribution in [0.5, 0.6) is 0 Å². The fourth-order valence-electron chi connectivity index (χ4n) is 6.64. The van der Waals surface area contributed by atoms with Crippen molar-refractivity contribution in [2.24, 2.45) is 5.92 Å². The predicted octanol–water partition coefficient (Wildman–Crippen LogP) is 5.11. The molecule has 3 aromatic rings. The number of hydrogen-bond acceptors (Lipinski definition) is 5. The van der Waals surface area contributed by atoms with Crippen molar-refractivity contribution in [1.82, 2.24) is 19.6 Å². The number of hydrogen-bond donors (Lipinski definition) is 0. The molecular weight excluding hydrogens is 543 g/mol. The number of benzene rings is 2. The molecule has 2 saturated heterocycles. The fourth-order valence-corrected chi connectivity index (χ4v) is 6.64. The Balaban J connectivity index is 1.30. The maximum absolute atomic E-state index is 14.4. The van der Waals surface area contributed by atoms with Crippen molar-refractivity contribution in [3.05, 3.63) is 82.2 Å². The van der Waals surface area contributed by atoms with Crippen molar-refractivity contribution in [1.29, 1.82) is 0 Å². The van der Waals surface area contributed by atoms with Crippen molar-refractivity contribution in [2.45, 2.75) is 58.0 Å². The van der Waals surface area contributed by atoms with Gasteiger partial charge in [0.2, 0.25) is 0 Å². The number of likely N-dealkylation sites (N-methyl/N-ethyl adjacent to an activating group) is 1. The van der Waals surface area contributed by atoms with Crippen LogP contribution in [0, 0.1) is 12.8 Å². The normalized spacial score (nSPS) is 21.2. The van der Waals surface area contributed by atoms with Crippen LogP contribution >= 0.6 is 0 Å². The van der Waals surface area contributed by atoms with Crippen LogP contribution < -0.4 is 4.90 Å². The highest BCUT2D eigenvalue weighted by Crippen LogP contribution is 2.41. The van der Waals surface area contributed by atoms with Crippen LogP contribution in [0.3, 0.4) is 0 Å². The zero-order chi connectivity index (χ0) is 29.8. The molecule has 6 rings (SSSR count). The van der Waals surface area contributed by atoms with Gasteiger partial charge in [0.15, 0.2) is 0 Å². The number of fused-ring (bicyclic) bond motifs is 1. The molecule has 0 aliphatic carbocycles. The van der Waals surface area contributed by atoms with Crippen LogP contribution in [0.15, 0.2) is 48.7 Å². The molecule has 2 fully saturated rings. The van der Waals surface area contributed by atoms with Crippen LogP contribution in [-0.2, 0) is 36.0 Å². The lowest BCUT2D eigenvalue weighted by Crippen LogP contribution is -2.53. The molecule has 1 atom stereocenters. The van der Waals surface area contributed by atoms with Crippen molar-refractivity contribution >= 4 is 11.6 Å². The second-order valence-corrected chi connectivity index (χ2v) is 12.6. The molecule has 3 aliphatic heterocycles. The van der Waals surface area contributed by atoms with E-state index >= 15 is 0 Å². The summed E-state index contributed by atoms with van der Waals surface area (Å²) in [5.74, 6) is -0.0368. The molecule has 1 amide bonds. The standard InChI is InChI=1S/C32H38F3N5O2/c1-21(2)29-17-37(4)10-11-38(29)15-23-12-26-27(28(13-23)32(33,34)35)16-40(30(26)41)25-7-5-6-24(14-25)31(19-42-20-31)18-39-9-8-22(3)36-39/h5-9,12-14,21,29H,10-11,15-20H2,1-4H3/t29-/m1/s1. The zero-order valence-electron chi connectivity index (χ0n) is 24.6. The van der Waals surface area contributed by atoms with E-state index in [2.05, 4.69) is 35.8 Å². The van der Waals surface area contributed by atoms with Gasteiger partial charge in [0, 0.05) is 49.7 Å². The van der Waals surface area contributed by atoms with Crippen LogP contribution in [0.4, 0.5) is 18.9 Å². The Morgan fingerprint density at radius 2 is 1.90 bits per heavy atom. The van der Waals surface area contributed by atoms with Gasteiger partial charge in [0.05, 0.1) is 43.0 Å². The van der Waals surface area contributed by atoms with Crippen molar-refractivity contribution in [3.8, 4) is 0 Å². The summed E-state index contributed by atoms with van der Waals surface area (Å²) in [5.41, 5.74) is 2.19. The maximum atomic E-state index is 14.4. The second kappa shape index (κ2) is 10.8. The van der Waals surface area contributed by atoms with Crippen molar-refractivity contribution in [3.63, 3.8) is 0 Å². The summed E-state index contributed by atoms with van der Waals surface area (Å²) in [6.45, 7) is 10.6.